The average Bonchev–Trinajstić information content (AvgIpc) is 3.28. The van der Waals surface area contributed by atoms with Crippen LogP contribution < -0.4 is 0 Å². The maximum absolute atomic E-state index is 5.59. The van der Waals surface area contributed by atoms with Gasteiger partial charge >= 0.3 is 0 Å². The van der Waals surface area contributed by atoms with Gasteiger partial charge in [-0.15, -0.1) is 0 Å². The number of rotatable bonds is 3. The van der Waals surface area contributed by atoms with Gasteiger partial charge in [-0.1, -0.05) is 24.4 Å². The van der Waals surface area contributed by atoms with Gasteiger partial charge in [-0.25, -0.2) is 0 Å². The first kappa shape index (κ1) is 16.2. The van der Waals surface area contributed by atoms with Gasteiger partial charge in [0.15, 0.2) is 5.82 Å². The fraction of sp³-hybridized carbons (Fsp3) is 0.900. The second-order valence-electron chi connectivity index (χ2n) is 9.23. The molecule has 2 saturated heterocycles. The summed E-state index contributed by atoms with van der Waals surface area (Å²) in [5.41, 5.74) is 0.478. The van der Waals surface area contributed by atoms with Crippen LogP contribution in [0.3, 0.4) is 0 Å². The van der Waals surface area contributed by atoms with Gasteiger partial charge in [-0.3, -0.25) is 4.90 Å². The third kappa shape index (κ3) is 2.93. The Kier molecular flexibility index (Phi) is 4.12. The third-order valence-corrected chi connectivity index (χ3v) is 7.65. The van der Waals surface area contributed by atoms with Gasteiger partial charge in [-0.05, 0) is 70.5 Å². The standard InChI is InChI=1S/C20H32N4O/c1-23-14-20(9-11-24(12-10-20)16-7-2-3-8-16)13-17(23)18-21-19(25-22-18)15-5-4-6-15/h15-17H,2-14H2,1H3. The van der Waals surface area contributed by atoms with E-state index in [0.717, 1.165) is 17.8 Å². The minimum atomic E-state index is 0.357. The van der Waals surface area contributed by atoms with Crippen molar-refractivity contribution >= 4 is 0 Å². The molecule has 2 aliphatic carbocycles. The third-order valence-electron chi connectivity index (χ3n) is 7.65. The molecule has 0 N–H and O–H groups in total. The Morgan fingerprint density at radius 3 is 2.48 bits per heavy atom. The summed E-state index contributed by atoms with van der Waals surface area (Å²) in [6.07, 6.45) is 13.4. The topological polar surface area (TPSA) is 45.4 Å². The zero-order valence-electron chi connectivity index (χ0n) is 15.6. The van der Waals surface area contributed by atoms with Crippen LogP contribution in [-0.4, -0.2) is 52.7 Å². The first-order valence-electron chi connectivity index (χ1n) is 10.5. The Morgan fingerprint density at radius 2 is 1.80 bits per heavy atom. The fourth-order valence-corrected chi connectivity index (χ4v) is 5.76. The number of hydrogen-bond acceptors (Lipinski definition) is 5. The van der Waals surface area contributed by atoms with Crippen molar-refractivity contribution in [2.45, 2.75) is 82.2 Å². The second-order valence-corrected chi connectivity index (χ2v) is 9.23. The van der Waals surface area contributed by atoms with Crippen molar-refractivity contribution in [1.82, 2.24) is 19.9 Å². The Balaban J connectivity index is 1.24. The molecule has 2 saturated carbocycles. The van der Waals surface area contributed by atoms with Crippen LogP contribution in [0.25, 0.3) is 0 Å². The quantitative estimate of drug-likeness (QED) is 0.836. The average molecular weight is 345 g/mol. The van der Waals surface area contributed by atoms with E-state index in [1.165, 1.54) is 83.8 Å². The van der Waals surface area contributed by atoms with E-state index in [1.54, 1.807) is 0 Å². The van der Waals surface area contributed by atoms with Crippen molar-refractivity contribution in [3.8, 4) is 0 Å². The van der Waals surface area contributed by atoms with E-state index in [-0.39, 0.29) is 0 Å². The predicted octanol–water partition coefficient (Wildman–Crippen LogP) is 3.74. The van der Waals surface area contributed by atoms with Crippen molar-refractivity contribution in [2.24, 2.45) is 5.41 Å². The van der Waals surface area contributed by atoms with Gasteiger partial charge in [0, 0.05) is 18.5 Å². The zero-order valence-corrected chi connectivity index (χ0v) is 15.6. The van der Waals surface area contributed by atoms with Crippen LogP contribution in [0.1, 0.15) is 87.9 Å². The van der Waals surface area contributed by atoms with E-state index in [4.69, 9.17) is 9.51 Å². The monoisotopic (exact) mass is 344 g/mol. The van der Waals surface area contributed by atoms with E-state index in [2.05, 4.69) is 22.0 Å². The van der Waals surface area contributed by atoms with Crippen LogP contribution in [-0.2, 0) is 0 Å². The molecule has 0 amide bonds. The molecule has 5 nitrogen and oxygen atoms in total. The Morgan fingerprint density at radius 1 is 1.04 bits per heavy atom. The largest absolute Gasteiger partial charge is 0.339 e. The van der Waals surface area contributed by atoms with Crippen molar-refractivity contribution < 1.29 is 4.52 Å². The number of piperidine rings is 1. The summed E-state index contributed by atoms with van der Waals surface area (Å²) in [5, 5.41) is 4.37. The minimum Gasteiger partial charge on any atom is -0.339 e. The molecule has 1 atom stereocenters. The van der Waals surface area contributed by atoms with Crippen LogP contribution in [0.5, 0.6) is 0 Å². The zero-order chi connectivity index (χ0) is 16.9. The number of likely N-dealkylation sites (tertiary alicyclic amines) is 2. The molecule has 1 unspecified atom stereocenters. The van der Waals surface area contributed by atoms with Crippen molar-refractivity contribution in [3.05, 3.63) is 11.7 Å². The van der Waals surface area contributed by atoms with E-state index in [9.17, 15) is 0 Å². The molecule has 1 aromatic rings. The number of hydrogen-bond donors (Lipinski definition) is 0. The molecule has 0 bridgehead atoms. The molecule has 4 aliphatic rings. The molecular weight excluding hydrogens is 312 g/mol. The lowest BCUT2D eigenvalue weighted by Crippen LogP contribution is -2.45. The maximum atomic E-state index is 5.59. The van der Waals surface area contributed by atoms with Gasteiger partial charge in [0.25, 0.3) is 0 Å². The van der Waals surface area contributed by atoms with Crippen molar-refractivity contribution in [1.29, 1.82) is 0 Å². The van der Waals surface area contributed by atoms with Crippen LogP contribution in [0.4, 0.5) is 0 Å². The summed E-state index contributed by atoms with van der Waals surface area (Å²) in [6, 6.07) is 1.24. The van der Waals surface area contributed by atoms with E-state index in [0.29, 0.717) is 17.4 Å². The molecule has 138 valence electrons. The highest BCUT2D eigenvalue weighted by atomic mass is 16.5. The molecule has 0 aromatic carbocycles. The normalized spacial score (nSPS) is 31.8. The summed E-state index contributed by atoms with van der Waals surface area (Å²) in [5.74, 6) is 2.38. The molecule has 25 heavy (non-hydrogen) atoms. The fourth-order valence-electron chi connectivity index (χ4n) is 5.76. The molecule has 1 aromatic heterocycles. The summed E-state index contributed by atoms with van der Waals surface area (Å²) in [6.45, 7) is 3.79. The van der Waals surface area contributed by atoms with Crippen LogP contribution in [0, 0.1) is 5.41 Å². The first-order valence-corrected chi connectivity index (χ1v) is 10.5. The van der Waals surface area contributed by atoms with Crippen LogP contribution in [0.15, 0.2) is 4.52 Å². The molecule has 1 spiro atoms. The van der Waals surface area contributed by atoms with Crippen LogP contribution >= 0.6 is 0 Å². The second kappa shape index (κ2) is 6.34. The van der Waals surface area contributed by atoms with E-state index < -0.39 is 0 Å². The number of aromatic nitrogens is 2. The Bertz CT molecular complexity index is 597. The predicted molar refractivity (Wildman–Crippen MR) is 96.4 cm³/mol. The van der Waals surface area contributed by atoms with Gasteiger partial charge in [0.05, 0.1) is 6.04 Å². The summed E-state index contributed by atoms with van der Waals surface area (Å²) in [4.78, 5) is 10.1. The maximum Gasteiger partial charge on any atom is 0.229 e. The van der Waals surface area contributed by atoms with Gasteiger partial charge < -0.3 is 9.42 Å². The van der Waals surface area contributed by atoms with Crippen molar-refractivity contribution in [2.75, 3.05) is 26.7 Å². The number of nitrogens with zero attached hydrogens (tertiary/aromatic N) is 4. The molecule has 5 heteroatoms. The summed E-state index contributed by atoms with van der Waals surface area (Å²) in [7, 11) is 2.25. The SMILES string of the molecule is CN1CC2(CCN(C3CCCC3)CC2)CC1c1noc(C2CCC2)n1. The van der Waals surface area contributed by atoms with Crippen LogP contribution in [0.2, 0.25) is 0 Å². The van der Waals surface area contributed by atoms with Gasteiger partial charge in [-0.2, -0.15) is 4.98 Å². The van der Waals surface area contributed by atoms with Crippen molar-refractivity contribution in [3.63, 3.8) is 0 Å². The summed E-state index contributed by atoms with van der Waals surface area (Å²) < 4.78 is 5.59. The summed E-state index contributed by atoms with van der Waals surface area (Å²) >= 11 is 0. The van der Waals surface area contributed by atoms with Gasteiger partial charge in [0.1, 0.15) is 0 Å². The molecule has 5 rings (SSSR count). The lowest BCUT2D eigenvalue weighted by Gasteiger charge is -2.41. The highest BCUT2D eigenvalue weighted by Gasteiger charge is 2.47. The Labute approximate surface area is 151 Å². The molecule has 4 fully saturated rings. The minimum absolute atomic E-state index is 0.357. The highest BCUT2D eigenvalue weighted by molar-refractivity contribution is 5.07. The molecule has 0 radical (unpaired) electrons. The van der Waals surface area contributed by atoms with E-state index in [1.807, 2.05) is 0 Å². The van der Waals surface area contributed by atoms with Gasteiger partial charge in [0.2, 0.25) is 5.89 Å². The highest BCUT2D eigenvalue weighted by Crippen LogP contribution is 2.48. The molecule has 3 heterocycles. The molecule has 2 aliphatic heterocycles. The lowest BCUT2D eigenvalue weighted by atomic mass is 9.76. The van der Waals surface area contributed by atoms with E-state index >= 15 is 0 Å². The molecular formula is C20H32N4O. The smallest absolute Gasteiger partial charge is 0.229 e. The Hall–Kier alpha value is -0.940. The first-order chi connectivity index (χ1) is 12.2. The lowest BCUT2D eigenvalue weighted by molar-refractivity contribution is 0.0796.